The summed E-state index contributed by atoms with van der Waals surface area (Å²) in [6.45, 7) is 2.67. The summed E-state index contributed by atoms with van der Waals surface area (Å²) in [6.07, 6.45) is 0. The van der Waals surface area contributed by atoms with Crippen LogP contribution >= 0.6 is 45.2 Å². The van der Waals surface area contributed by atoms with Crippen molar-refractivity contribution in [2.45, 2.75) is 27.1 Å². The van der Waals surface area contributed by atoms with E-state index in [4.69, 9.17) is 9.47 Å². The van der Waals surface area contributed by atoms with E-state index < -0.39 is 23.1 Å². The van der Waals surface area contributed by atoms with E-state index in [2.05, 4.69) is 45.2 Å². The second-order valence-electron chi connectivity index (χ2n) is 7.54. The van der Waals surface area contributed by atoms with E-state index in [9.17, 15) is 19.2 Å². The molecule has 0 spiro atoms. The van der Waals surface area contributed by atoms with Crippen molar-refractivity contribution in [2.75, 3.05) is 0 Å². The van der Waals surface area contributed by atoms with Crippen LogP contribution in [-0.4, -0.2) is 21.0 Å². The molecular weight excluding hydrogens is 666 g/mol. The van der Waals surface area contributed by atoms with E-state index in [1.54, 1.807) is 62.4 Å². The average molecular weight is 684 g/mol. The van der Waals surface area contributed by atoms with Crippen LogP contribution in [0.15, 0.2) is 58.1 Å². The molecule has 0 saturated carbocycles. The maximum Gasteiger partial charge on any atom is 0.338 e. The van der Waals surface area contributed by atoms with Gasteiger partial charge in [0.1, 0.15) is 13.2 Å². The summed E-state index contributed by atoms with van der Waals surface area (Å²) in [6, 6.07) is 13.7. The molecule has 8 nitrogen and oxygen atoms in total. The van der Waals surface area contributed by atoms with Crippen LogP contribution in [0.5, 0.6) is 0 Å². The van der Waals surface area contributed by atoms with Gasteiger partial charge in [-0.2, -0.15) is 4.52 Å². The molecule has 2 aromatic heterocycles. The number of benzene rings is 2. The van der Waals surface area contributed by atoms with Crippen LogP contribution in [0.2, 0.25) is 0 Å². The molecule has 34 heavy (non-hydrogen) atoms. The lowest BCUT2D eigenvalue weighted by atomic mass is 10.2. The number of carbonyl (C=O) groups excluding carboxylic acids is 2. The highest BCUT2D eigenvalue weighted by Gasteiger charge is 2.24. The van der Waals surface area contributed by atoms with Gasteiger partial charge in [0.15, 0.2) is 0 Å². The molecule has 0 amide bonds. The topological polar surface area (TPSA) is 95.6 Å². The van der Waals surface area contributed by atoms with Gasteiger partial charge in [-0.15, -0.1) is 0 Å². The Balaban J connectivity index is 1.63. The number of hydrogen-bond donors (Lipinski definition) is 0. The number of ether oxygens (including phenoxy) is 2. The van der Waals surface area contributed by atoms with Crippen molar-refractivity contribution < 1.29 is 19.1 Å². The Morgan fingerprint density at radius 3 is 1.38 bits per heavy atom. The Bertz CT molecular complexity index is 1390. The van der Waals surface area contributed by atoms with E-state index in [1.165, 1.54) is 4.52 Å². The lowest BCUT2D eigenvalue weighted by Crippen LogP contribution is -2.23. The molecule has 2 aromatic carbocycles. The standard InChI is InChI=1S/C24H18I2N2O6/c1-13-19(11-33-23(31)15-3-7-17(25)8-4-15)27-20(14(2)22(30)28(27)21(13)29)12-34-24(32)16-5-9-18(26)10-6-16/h3-10H,11-12H2,1-2H3. The average Bonchev–Trinajstić information content (AvgIpc) is 3.21. The van der Waals surface area contributed by atoms with Crippen molar-refractivity contribution in [3.63, 3.8) is 0 Å². The number of carbonyl (C=O) groups is 2. The summed E-state index contributed by atoms with van der Waals surface area (Å²) in [5, 5.41) is 0. The molecule has 0 bridgehead atoms. The number of halogens is 2. The molecule has 174 valence electrons. The van der Waals surface area contributed by atoms with Gasteiger partial charge >= 0.3 is 11.9 Å². The van der Waals surface area contributed by atoms with Crippen molar-refractivity contribution in [2.24, 2.45) is 0 Å². The molecule has 0 atom stereocenters. The lowest BCUT2D eigenvalue weighted by Gasteiger charge is -2.09. The molecule has 10 heteroatoms. The van der Waals surface area contributed by atoms with Crippen LogP contribution in [0, 0.1) is 21.0 Å². The first-order valence-corrected chi connectivity index (χ1v) is 12.3. The van der Waals surface area contributed by atoms with Crippen molar-refractivity contribution >= 4 is 57.1 Å². The summed E-state index contributed by atoms with van der Waals surface area (Å²) in [5.74, 6) is -1.11. The minimum atomic E-state index is -0.555. The number of fused-ring (bicyclic) bond motifs is 1. The van der Waals surface area contributed by atoms with Crippen molar-refractivity contribution in [3.8, 4) is 0 Å². The van der Waals surface area contributed by atoms with Crippen LogP contribution < -0.4 is 11.1 Å². The first-order valence-electron chi connectivity index (χ1n) is 10.1. The molecule has 0 radical (unpaired) electrons. The second kappa shape index (κ2) is 9.86. The van der Waals surface area contributed by atoms with Gasteiger partial charge in [-0.3, -0.25) is 9.59 Å². The van der Waals surface area contributed by atoms with Gasteiger partial charge in [-0.1, -0.05) is 0 Å². The summed E-state index contributed by atoms with van der Waals surface area (Å²) >= 11 is 4.27. The predicted octanol–water partition coefficient (Wildman–Crippen LogP) is 3.74. The molecule has 0 fully saturated rings. The van der Waals surface area contributed by atoms with Gasteiger partial charge in [0.25, 0.3) is 11.1 Å². The van der Waals surface area contributed by atoms with Gasteiger partial charge in [-0.05, 0) is 108 Å². The predicted molar refractivity (Wildman–Crippen MR) is 141 cm³/mol. The first kappa shape index (κ1) is 24.4. The quantitative estimate of drug-likeness (QED) is 0.227. The highest BCUT2D eigenvalue weighted by molar-refractivity contribution is 14.1. The van der Waals surface area contributed by atoms with Gasteiger partial charge in [-0.25, -0.2) is 14.1 Å². The summed E-state index contributed by atoms with van der Waals surface area (Å²) in [7, 11) is 0. The third-order valence-corrected chi connectivity index (χ3v) is 6.88. The third-order valence-electron chi connectivity index (χ3n) is 5.44. The minimum Gasteiger partial charge on any atom is -0.456 e. The fourth-order valence-corrected chi connectivity index (χ4v) is 4.22. The van der Waals surface area contributed by atoms with Crippen LogP contribution in [0.25, 0.3) is 0 Å². The van der Waals surface area contributed by atoms with Crippen molar-refractivity contribution in [1.82, 2.24) is 9.03 Å². The van der Waals surface area contributed by atoms with Crippen LogP contribution in [0.3, 0.4) is 0 Å². The number of nitrogens with zero attached hydrogens (tertiary/aromatic N) is 2. The normalized spacial score (nSPS) is 11.1. The maximum atomic E-state index is 12.8. The minimum absolute atomic E-state index is 0.228. The third kappa shape index (κ3) is 4.60. The lowest BCUT2D eigenvalue weighted by molar-refractivity contribution is 0.0458. The first-order chi connectivity index (χ1) is 16.2. The monoisotopic (exact) mass is 684 g/mol. The van der Waals surface area contributed by atoms with Crippen LogP contribution in [-0.2, 0) is 22.7 Å². The van der Waals surface area contributed by atoms with Crippen molar-refractivity contribution in [1.29, 1.82) is 0 Å². The zero-order valence-corrected chi connectivity index (χ0v) is 22.4. The molecule has 0 N–H and O–H groups in total. The van der Waals surface area contributed by atoms with Gasteiger partial charge in [0.05, 0.1) is 22.5 Å². The number of rotatable bonds is 6. The number of hydrogen-bond acceptors (Lipinski definition) is 6. The highest BCUT2D eigenvalue weighted by Crippen LogP contribution is 2.16. The number of esters is 2. The largest absolute Gasteiger partial charge is 0.456 e. The molecule has 4 rings (SSSR count). The van der Waals surface area contributed by atoms with Gasteiger partial charge in [0, 0.05) is 18.3 Å². The maximum absolute atomic E-state index is 12.8. The molecule has 0 saturated heterocycles. The van der Waals surface area contributed by atoms with E-state index >= 15 is 0 Å². The van der Waals surface area contributed by atoms with E-state index in [-0.39, 0.29) is 24.3 Å². The smallest absolute Gasteiger partial charge is 0.338 e. The van der Waals surface area contributed by atoms with Crippen LogP contribution in [0.1, 0.15) is 43.2 Å². The highest BCUT2D eigenvalue weighted by atomic mass is 127. The zero-order chi connectivity index (χ0) is 24.6. The number of aromatic nitrogens is 2. The molecule has 0 unspecified atom stereocenters. The fraction of sp³-hybridized carbons (Fsp3) is 0.167. The van der Waals surface area contributed by atoms with Crippen LogP contribution in [0.4, 0.5) is 0 Å². The molecule has 4 aromatic rings. The van der Waals surface area contributed by atoms with Crippen molar-refractivity contribution in [3.05, 3.63) is 110 Å². The molecule has 2 heterocycles. The Labute approximate surface area is 221 Å². The summed E-state index contributed by atoms with van der Waals surface area (Å²) in [5.41, 5.74) is 0.956. The molecule has 0 aliphatic rings. The Morgan fingerprint density at radius 2 is 1.03 bits per heavy atom. The van der Waals surface area contributed by atoms with E-state index in [1.807, 2.05) is 0 Å². The van der Waals surface area contributed by atoms with Gasteiger partial charge in [0.2, 0.25) is 0 Å². The molecular formula is C24H18I2N2O6. The Kier molecular flexibility index (Phi) is 7.07. The SMILES string of the molecule is Cc1c(COC(=O)c2ccc(I)cc2)n2c(COC(=O)c3ccc(I)cc3)c(C)c(=O)n2c1=O. The summed E-state index contributed by atoms with van der Waals surface area (Å²) in [4.78, 5) is 50.5. The van der Waals surface area contributed by atoms with Gasteiger partial charge < -0.3 is 9.47 Å². The molecule has 0 aliphatic carbocycles. The second-order valence-corrected chi connectivity index (χ2v) is 10.0. The summed E-state index contributed by atoms with van der Waals surface area (Å²) < 4.78 is 15.2. The Morgan fingerprint density at radius 1 is 0.676 bits per heavy atom. The fourth-order valence-electron chi connectivity index (χ4n) is 3.51. The van der Waals surface area contributed by atoms with E-state index in [0.29, 0.717) is 22.5 Å². The zero-order valence-electron chi connectivity index (χ0n) is 18.1. The molecule has 0 aliphatic heterocycles. The van der Waals surface area contributed by atoms with E-state index in [0.717, 1.165) is 11.7 Å². The Hall–Kier alpha value is -2.74.